The molecule has 1 aromatic heterocycles. The van der Waals surface area contributed by atoms with Gasteiger partial charge in [-0.05, 0) is 55.0 Å². The van der Waals surface area contributed by atoms with Gasteiger partial charge in [-0.3, -0.25) is 14.4 Å². The van der Waals surface area contributed by atoms with E-state index in [4.69, 9.17) is 4.74 Å². The number of amides is 2. The summed E-state index contributed by atoms with van der Waals surface area (Å²) in [6.45, 7) is 6.08. The first-order valence-electron chi connectivity index (χ1n) is 10.1. The summed E-state index contributed by atoms with van der Waals surface area (Å²) >= 11 is 1.37. The van der Waals surface area contributed by atoms with Gasteiger partial charge in [-0.1, -0.05) is 26.7 Å². The Morgan fingerprint density at radius 1 is 1.36 bits per heavy atom. The number of rotatable bonds is 7. The lowest BCUT2D eigenvalue weighted by Crippen LogP contribution is -2.54. The van der Waals surface area contributed by atoms with Crippen molar-refractivity contribution in [3.63, 3.8) is 0 Å². The van der Waals surface area contributed by atoms with E-state index in [1.54, 1.807) is 0 Å². The molecular formula is C21H30N2O4S. The van der Waals surface area contributed by atoms with E-state index in [1.807, 2.05) is 25.3 Å². The summed E-state index contributed by atoms with van der Waals surface area (Å²) < 4.78 is 5.46. The van der Waals surface area contributed by atoms with Crippen molar-refractivity contribution in [3.8, 4) is 0 Å². The third-order valence-corrected chi connectivity index (χ3v) is 6.99. The molecule has 3 rings (SSSR count). The van der Waals surface area contributed by atoms with Gasteiger partial charge in [0.05, 0.1) is 11.0 Å². The minimum absolute atomic E-state index is 0.0288. The van der Waals surface area contributed by atoms with Crippen molar-refractivity contribution in [2.24, 2.45) is 5.41 Å². The molecule has 1 aliphatic carbocycles. The van der Waals surface area contributed by atoms with Crippen LogP contribution in [0.1, 0.15) is 67.6 Å². The largest absolute Gasteiger partial charge is 0.368 e. The number of ketones is 1. The summed E-state index contributed by atoms with van der Waals surface area (Å²) in [6, 6.07) is 0.537. The summed E-state index contributed by atoms with van der Waals surface area (Å²) in [5, 5.41) is 7.70. The van der Waals surface area contributed by atoms with Gasteiger partial charge in [-0.25, -0.2) is 0 Å². The summed E-state index contributed by atoms with van der Waals surface area (Å²) in [5.74, 6) is -0.635. The number of hydrogen-bond donors (Lipinski definition) is 2. The zero-order valence-electron chi connectivity index (χ0n) is 16.9. The van der Waals surface area contributed by atoms with Crippen LogP contribution < -0.4 is 10.6 Å². The highest BCUT2D eigenvalue weighted by molar-refractivity contribution is 7.12. The predicted molar refractivity (Wildman–Crippen MR) is 108 cm³/mol. The number of aryl methyl sites for hydroxylation is 1. The highest BCUT2D eigenvalue weighted by Gasteiger charge is 2.39. The minimum atomic E-state index is -0.663. The van der Waals surface area contributed by atoms with Gasteiger partial charge in [0.2, 0.25) is 5.91 Å². The SMILES string of the molecule is CC[C@@H]1OCC(=O)C1NC(=O)[C@H](CC1(C)CCCC1)NC(=O)c1cc(C)cs1. The number of hydrogen-bond acceptors (Lipinski definition) is 5. The zero-order valence-corrected chi connectivity index (χ0v) is 17.7. The quantitative estimate of drug-likeness (QED) is 0.729. The maximum absolute atomic E-state index is 13.1. The van der Waals surface area contributed by atoms with Gasteiger partial charge in [0.1, 0.15) is 18.7 Å². The maximum Gasteiger partial charge on any atom is 0.262 e. The van der Waals surface area contributed by atoms with Crippen LogP contribution in [0.15, 0.2) is 11.4 Å². The molecule has 2 heterocycles. The van der Waals surface area contributed by atoms with Crippen LogP contribution in [0.25, 0.3) is 0 Å². The van der Waals surface area contributed by atoms with E-state index in [2.05, 4.69) is 17.6 Å². The van der Waals surface area contributed by atoms with Gasteiger partial charge in [0.15, 0.2) is 5.78 Å². The molecule has 28 heavy (non-hydrogen) atoms. The molecule has 1 aromatic rings. The number of carbonyl (C=O) groups is 3. The van der Waals surface area contributed by atoms with Crippen LogP contribution in [0.5, 0.6) is 0 Å². The fraction of sp³-hybridized carbons (Fsp3) is 0.667. The van der Waals surface area contributed by atoms with Crippen LogP contribution in [0.3, 0.4) is 0 Å². The van der Waals surface area contributed by atoms with Gasteiger partial charge in [-0.2, -0.15) is 0 Å². The molecule has 0 spiro atoms. The first kappa shape index (κ1) is 21.0. The van der Waals surface area contributed by atoms with Crippen molar-refractivity contribution in [3.05, 3.63) is 21.9 Å². The van der Waals surface area contributed by atoms with E-state index in [0.717, 1.165) is 31.2 Å². The van der Waals surface area contributed by atoms with Crippen LogP contribution in [-0.2, 0) is 14.3 Å². The normalized spacial score (nSPS) is 24.9. The van der Waals surface area contributed by atoms with Crippen LogP contribution in [0.4, 0.5) is 0 Å². The Morgan fingerprint density at radius 3 is 2.68 bits per heavy atom. The third kappa shape index (κ3) is 4.81. The molecule has 3 atom stereocenters. The lowest BCUT2D eigenvalue weighted by Gasteiger charge is -2.30. The fourth-order valence-corrected chi connectivity index (χ4v) is 5.08. The Labute approximate surface area is 170 Å². The molecule has 0 bridgehead atoms. The number of carbonyl (C=O) groups excluding carboxylic acids is 3. The Bertz CT molecular complexity index is 739. The molecule has 2 N–H and O–H groups in total. The average Bonchev–Trinajstić information content (AvgIpc) is 3.36. The molecule has 2 amide bonds. The second-order valence-corrected chi connectivity index (χ2v) is 9.36. The van der Waals surface area contributed by atoms with Crippen molar-refractivity contribution < 1.29 is 19.1 Å². The maximum atomic E-state index is 13.1. The molecule has 2 fully saturated rings. The number of thiophene rings is 1. The predicted octanol–water partition coefficient (Wildman–Crippen LogP) is 2.99. The molecule has 154 valence electrons. The number of ether oxygens (including phenoxy) is 1. The van der Waals surface area contributed by atoms with Gasteiger partial charge >= 0.3 is 0 Å². The molecule has 0 aromatic carbocycles. The second-order valence-electron chi connectivity index (χ2n) is 8.45. The Balaban J connectivity index is 1.73. The highest BCUT2D eigenvalue weighted by atomic mass is 32.1. The lowest BCUT2D eigenvalue weighted by atomic mass is 9.81. The molecule has 1 saturated heterocycles. The monoisotopic (exact) mass is 406 g/mol. The minimum Gasteiger partial charge on any atom is -0.368 e. The average molecular weight is 407 g/mol. The summed E-state index contributed by atoms with van der Waals surface area (Å²) in [6.07, 6.45) is 5.33. The van der Waals surface area contributed by atoms with Crippen molar-refractivity contribution in [1.29, 1.82) is 0 Å². The summed E-state index contributed by atoms with van der Waals surface area (Å²) in [4.78, 5) is 38.5. The number of Topliss-reactive ketones (excluding diaryl/α,β-unsaturated/α-hetero) is 1. The summed E-state index contributed by atoms with van der Waals surface area (Å²) in [7, 11) is 0. The molecular weight excluding hydrogens is 376 g/mol. The number of nitrogens with one attached hydrogen (secondary N) is 2. The van der Waals surface area contributed by atoms with Gasteiger partial charge < -0.3 is 15.4 Å². The Kier molecular flexibility index (Phi) is 6.55. The first-order chi connectivity index (χ1) is 13.3. The highest BCUT2D eigenvalue weighted by Crippen LogP contribution is 2.41. The van der Waals surface area contributed by atoms with Gasteiger partial charge in [0.25, 0.3) is 5.91 Å². The van der Waals surface area contributed by atoms with E-state index >= 15 is 0 Å². The Hall–Kier alpha value is -1.73. The Morgan fingerprint density at radius 2 is 2.07 bits per heavy atom. The van der Waals surface area contributed by atoms with Crippen molar-refractivity contribution in [2.45, 2.75) is 77.5 Å². The van der Waals surface area contributed by atoms with Crippen molar-refractivity contribution in [2.75, 3.05) is 6.61 Å². The molecule has 1 unspecified atom stereocenters. The first-order valence-corrected chi connectivity index (χ1v) is 11.0. The van der Waals surface area contributed by atoms with Gasteiger partial charge in [-0.15, -0.1) is 11.3 Å². The third-order valence-electron chi connectivity index (χ3n) is 5.94. The van der Waals surface area contributed by atoms with Crippen LogP contribution in [-0.4, -0.2) is 42.4 Å². The lowest BCUT2D eigenvalue weighted by molar-refractivity contribution is -0.128. The van der Waals surface area contributed by atoms with E-state index in [9.17, 15) is 14.4 Å². The van der Waals surface area contributed by atoms with Crippen LogP contribution in [0.2, 0.25) is 0 Å². The molecule has 6 nitrogen and oxygen atoms in total. The molecule has 1 saturated carbocycles. The zero-order chi connectivity index (χ0) is 20.3. The molecule has 2 aliphatic rings. The van der Waals surface area contributed by atoms with Crippen molar-refractivity contribution >= 4 is 28.9 Å². The molecule has 1 aliphatic heterocycles. The van der Waals surface area contributed by atoms with Crippen LogP contribution in [0, 0.1) is 12.3 Å². The molecule has 7 heteroatoms. The van der Waals surface area contributed by atoms with Gasteiger partial charge in [0, 0.05) is 0 Å². The van der Waals surface area contributed by atoms with E-state index in [1.165, 1.54) is 11.3 Å². The van der Waals surface area contributed by atoms with Crippen molar-refractivity contribution in [1.82, 2.24) is 10.6 Å². The van der Waals surface area contributed by atoms with Crippen LogP contribution >= 0.6 is 11.3 Å². The smallest absolute Gasteiger partial charge is 0.262 e. The summed E-state index contributed by atoms with van der Waals surface area (Å²) in [5.41, 5.74) is 1.06. The van der Waals surface area contributed by atoms with E-state index < -0.39 is 12.1 Å². The molecule has 0 radical (unpaired) electrons. The topological polar surface area (TPSA) is 84.5 Å². The van der Waals surface area contributed by atoms with E-state index in [0.29, 0.717) is 17.7 Å². The fourth-order valence-electron chi connectivity index (χ4n) is 4.28. The van der Waals surface area contributed by atoms with E-state index in [-0.39, 0.29) is 35.7 Å². The standard InChI is InChI=1S/C21H30N2O4S/c1-4-16-18(15(24)11-27-16)23-19(25)14(10-21(3)7-5-6-8-21)22-20(26)17-9-13(2)12-28-17/h9,12,14,16,18H,4-8,10-11H2,1-3H3,(H,22,26)(H,23,25)/t14-,16-,18?/m0/s1. The second kappa shape index (κ2) is 8.74.